The van der Waals surface area contributed by atoms with Gasteiger partial charge in [-0.1, -0.05) is 57.2 Å². The van der Waals surface area contributed by atoms with Crippen LogP contribution in [0.1, 0.15) is 59.4 Å². The molecule has 1 heterocycles. The highest BCUT2D eigenvalue weighted by Crippen LogP contribution is 2.64. The predicted molar refractivity (Wildman–Crippen MR) is 130 cm³/mol. The molecule has 34 heavy (non-hydrogen) atoms. The Hall–Kier alpha value is -2.24. The van der Waals surface area contributed by atoms with Crippen LogP contribution in [-0.2, 0) is 19.1 Å². The quantitative estimate of drug-likeness (QED) is 0.397. The van der Waals surface area contributed by atoms with E-state index in [1.54, 1.807) is 6.08 Å². The number of carbonyl (C=O) groups excluding carboxylic acids is 2. The average molecular weight is 465 g/mol. The molecule has 2 saturated carbocycles. The topological polar surface area (TPSA) is 76.1 Å². The number of fused-ring (bicyclic) bond motifs is 4. The van der Waals surface area contributed by atoms with Crippen molar-refractivity contribution in [2.24, 2.45) is 29.1 Å². The SMILES string of the molecule is C/C1=C\[C@@H]2[C@H](CC[C@]3(C)O[C@@H]3[C@H]3[C@@H](O)[C@@H](C)C[C@]3(OC(=O)/C=C/c3ccccc3)C1=O)C2(C)C. The summed E-state index contributed by atoms with van der Waals surface area (Å²) in [6.07, 6.45) is 6.26. The summed E-state index contributed by atoms with van der Waals surface area (Å²) in [6.45, 7) is 10.3. The van der Waals surface area contributed by atoms with Crippen molar-refractivity contribution < 1.29 is 24.2 Å². The van der Waals surface area contributed by atoms with Gasteiger partial charge in [-0.3, -0.25) is 4.79 Å². The van der Waals surface area contributed by atoms with Crippen molar-refractivity contribution in [3.8, 4) is 0 Å². The number of aliphatic hydroxyl groups excluding tert-OH is 1. The Morgan fingerprint density at radius 3 is 2.62 bits per heavy atom. The zero-order chi connectivity index (χ0) is 24.5. The molecule has 3 fully saturated rings. The van der Waals surface area contributed by atoms with Crippen LogP contribution in [-0.4, -0.2) is 40.3 Å². The van der Waals surface area contributed by atoms with Gasteiger partial charge in [-0.05, 0) is 67.1 Å². The van der Waals surface area contributed by atoms with Crippen molar-refractivity contribution in [2.45, 2.75) is 77.3 Å². The lowest BCUT2D eigenvalue weighted by Gasteiger charge is -2.34. The Morgan fingerprint density at radius 2 is 1.91 bits per heavy atom. The fourth-order valence-corrected chi connectivity index (χ4v) is 6.83. The lowest BCUT2D eigenvalue weighted by Crippen LogP contribution is -2.52. The molecule has 0 spiro atoms. The van der Waals surface area contributed by atoms with Crippen LogP contribution in [0.5, 0.6) is 0 Å². The van der Waals surface area contributed by atoms with Crippen molar-refractivity contribution in [1.29, 1.82) is 0 Å². The molecule has 5 nitrogen and oxygen atoms in total. The van der Waals surface area contributed by atoms with E-state index in [-0.39, 0.29) is 23.2 Å². The van der Waals surface area contributed by atoms with Gasteiger partial charge in [0.25, 0.3) is 0 Å². The largest absolute Gasteiger partial charge is 0.447 e. The third-order valence-electron chi connectivity index (χ3n) is 9.14. The van der Waals surface area contributed by atoms with Gasteiger partial charge in [0.15, 0.2) is 5.60 Å². The molecule has 3 aliphatic carbocycles. The van der Waals surface area contributed by atoms with Gasteiger partial charge >= 0.3 is 5.97 Å². The molecule has 0 bridgehead atoms. The second-order valence-electron chi connectivity index (χ2n) is 11.8. The van der Waals surface area contributed by atoms with Crippen LogP contribution >= 0.6 is 0 Å². The molecule has 1 aromatic carbocycles. The Kier molecular flexibility index (Phi) is 5.45. The molecule has 1 N–H and O–H groups in total. The lowest BCUT2D eigenvalue weighted by molar-refractivity contribution is -0.168. The zero-order valence-electron chi connectivity index (χ0n) is 20.8. The number of aliphatic hydroxyl groups is 1. The first-order chi connectivity index (χ1) is 16.0. The van der Waals surface area contributed by atoms with Crippen molar-refractivity contribution in [3.63, 3.8) is 0 Å². The number of ether oxygens (including phenoxy) is 2. The molecule has 1 saturated heterocycles. The molecule has 0 radical (unpaired) electrons. The molecule has 5 rings (SSSR count). The van der Waals surface area contributed by atoms with Gasteiger partial charge in [0, 0.05) is 12.5 Å². The molecular formula is C29H36O5. The van der Waals surface area contributed by atoms with Gasteiger partial charge in [0.2, 0.25) is 5.78 Å². The number of hydrogen-bond acceptors (Lipinski definition) is 5. The monoisotopic (exact) mass is 464 g/mol. The van der Waals surface area contributed by atoms with Gasteiger partial charge in [-0.25, -0.2) is 4.79 Å². The molecule has 1 aliphatic heterocycles. The molecule has 182 valence electrons. The summed E-state index contributed by atoms with van der Waals surface area (Å²) >= 11 is 0. The second kappa shape index (κ2) is 7.89. The van der Waals surface area contributed by atoms with E-state index in [4.69, 9.17) is 9.47 Å². The van der Waals surface area contributed by atoms with Crippen LogP contribution < -0.4 is 0 Å². The maximum Gasteiger partial charge on any atom is 0.331 e. The number of hydrogen-bond donors (Lipinski definition) is 1. The summed E-state index contributed by atoms with van der Waals surface area (Å²) in [5.74, 6) is -0.704. The molecule has 5 heteroatoms. The van der Waals surface area contributed by atoms with E-state index in [2.05, 4.69) is 26.8 Å². The zero-order valence-corrected chi connectivity index (χ0v) is 20.8. The highest BCUT2D eigenvalue weighted by atomic mass is 16.6. The molecule has 4 aliphatic rings. The standard InChI is InChI=1S/C29H36O5/c1-17-15-21-20(27(21,3)4)13-14-28(5)26(34-28)23-24(31)18(2)16-29(23,25(17)32)33-22(30)12-11-19-9-7-6-8-10-19/h6-12,15,18,20-21,23-24,26,31H,13-14,16H2,1-5H3/b12-11+,17-15+/t18-,20-,21+,23+,24-,26+,28-,29+/m0/s1. The number of ketones is 1. The highest BCUT2D eigenvalue weighted by molar-refractivity contribution is 6.04. The third kappa shape index (κ3) is 3.68. The number of esters is 1. The summed E-state index contributed by atoms with van der Waals surface area (Å²) in [7, 11) is 0. The maximum atomic E-state index is 14.1. The predicted octanol–water partition coefficient (Wildman–Crippen LogP) is 4.74. The smallest absolute Gasteiger partial charge is 0.331 e. The fraction of sp³-hybridized carbons (Fsp3) is 0.586. The summed E-state index contributed by atoms with van der Waals surface area (Å²) in [4.78, 5) is 27.2. The van der Waals surface area contributed by atoms with Crippen LogP contribution in [0.3, 0.4) is 0 Å². The molecule has 0 unspecified atom stereocenters. The van der Waals surface area contributed by atoms with E-state index in [0.717, 1.165) is 18.4 Å². The maximum absolute atomic E-state index is 14.1. The van der Waals surface area contributed by atoms with Crippen molar-refractivity contribution in [1.82, 2.24) is 0 Å². The van der Waals surface area contributed by atoms with Crippen LogP contribution in [0.2, 0.25) is 0 Å². The van der Waals surface area contributed by atoms with Gasteiger partial charge in [0.1, 0.15) is 0 Å². The van der Waals surface area contributed by atoms with E-state index in [9.17, 15) is 14.7 Å². The molecule has 8 atom stereocenters. The third-order valence-corrected chi connectivity index (χ3v) is 9.14. The molecular weight excluding hydrogens is 428 g/mol. The summed E-state index contributed by atoms with van der Waals surface area (Å²) in [5, 5.41) is 11.2. The highest BCUT2D eigenvalue weighted by Gasteiger charge is 2.71. The number of Topliss-reactive ketones (excluding diaryl/α,β-unsaturated/α-hetero) is 1. The number of allylic oxidation sites excluding steroid dienone is 1. The molecule has 1 aromatic rings. The number of epoxide rings is 1. The van der Waals surface area contributed by atoms with Gasteiger partial charge in [0.05, 0.1) is 23.7 Å². The second-order valence-corrected chi connectivity index (χ2v) is 11.8. The van der Waals surface area contributed by atoms with E-state index >= 15 is 0 Å². The first-order valence-corrected chi connectivity index (χ1v) is 12.5. The van der Waals surface area contributed by atoms with E-state index in [0.29, 0.717) is 23.8 Å². The minimum Gasteiger partial charge on any atom is -0.447 e. The molecule has 0 aromatic heterocycles. The summed E-state index contributed by atoms with van der Waals surface area (Å²) in [5.41, 5.74) is -0.200. The molecule has 0 amide bonds. The lowest BCUT2D eigenvalue weighted by atomic mass is 9.77. The number of benzene rings is 1. The fourth-order valence-electron chi connectivity index (χ4n) is 6.83. The first kappa shape index (κ1) is 23.5. The first-order valence-electron chi connectivity index (χ1n) is 12.5. The van der Waals surface area contributed by atoms with E-state index < -0.39 is 29.2 Å². The Balaban J connectivity index is 1.53. The minimum absolute atomic E-state index is 0.144. The minimum atomic E-state index is -1.43. The summed E-state index contributed by atoms with van der Waals surface area (Å²) < 4.78 is 12.3. The van der Waals surface area contributed by atoms with Crippen LogP contribution in [0.4, 0.5) is 0 Å². The Bertz CT molecular complexity index is 1060. The van der Waals surface area contributed by atoms with E-state index in [1.165, 1.54) is 6.08 Å². The number of rotatable bonds is 3. The van der Waals surface area contributed by atoms with Crippen LogP contribution in [0, 0.1) is 29.1 Å². The van der Waals surface area contributed by atoms with Crippen LogP contribution in [0.25, 0.3) is 6.08 Å². The van der Waals surface area contributed by atoms with Gasteiger partial charge < -0.3 is 14.6 Å². The Morgan fingerprint density at radius 1 is 1.21 bits per heavy atom. The van der Waals surface area contributed by atoms with Gasteiger partial charge in [-0.15, -0.1) is 0 Å². The van der Waals surface area contributed by atoms with Crippen molar-refractivity contribution in [2.75, 3.05) is 0 Å². The van der Waals surface area contributed by atoms with Crippen molar-refractivity contribution >= 4 is 17.8 Å². The van der Waals surface area contributed by atoms with Crippen molar-refractivity contribution in [3.05, 3.63) is 53.6 Å². The van der Waals surface area contributed by atoms with Gasteiger partial charge in [-0.2, -0.15) is 0 Å². The van der Waals surface area contributed by atoms with E-state index in [1.807, 2.05) is 44.2 Å². The normalized spacial score (nSPS) is 44.2. The average Bonchev–Trinajstić information content (AvgIpc) is 3.57. The summed E-state index contributed by atoms with van der Waals surface area (Å²) in [6, 6.07) is 9.50. The van der Waals surface area contributed by atoms with Crippen LogP contribution in [0.15, 0.2) is 48.1 Å². The Labute approximate surface area is 202 Å². The number of carbonyl (C=O) groups is 2.